The number of hydrogen-bond acceptors (Lipinski definition) is 7. The molecule has 1 heterocycles. The first kappa shape index (κ1) is 23.4. The van der Waals surface area contributed by atoms with Crippen molar-refractivity contribution >= 4 is 17.7 Å². The highest BCUT2D eigenvalue weighted by Crippen LogP contribution is 2.46. The van der Waals surface area contributed by atoms with E-state index in [2.05, 4.69) is 4.99 Å². The van der Waals surface area contributed by atoms with Gasteiger partial charge in [-0.3, -0.25) is 9.79 Å². The van der Waals surface area contributed by atoms with E-state index in [1.165, 1.54) is 14.2 Å². The molecule has 0 fully saturated rings. The van der Waals surface area contributed by atoms with Crippen molar-refractivity contribution in [1.82, 2.24) is 0 Å². The van der Waals surface area contributed by atoms with E-state index in [1.54, 1.807) is 53.7 Å². The fourth-order valence-electron chi connectivity index (χ4n) is 3.68. The standard InChI is InChI=1S/C23H31NO6/c1-12(2)29-22(25)18-14(5)24-15(6)19(23(26)30-13(3)4)20(18)16-10-9-11-17(27-7)21(16)28-8/h9-13,18,20H,1-8H3/t18?,20-/m0/s1. The molecule has 30 heavy (non-hydrogen) atoms. The number of methoxy groups -OCH3 is 2. The van der Waals surface area contributed by atoms with Crippen molar-refractivity contribution in [2.24, 2.45) is 10.9 Å². The van der Waals surface area contributed by atoms with Crippen LogP contribution in [0.4, 0.5) is 0 Å². The van der Waals surface area contributed by atoms with E-state index >= 15 is 0 Å². The molecule has 1 aliphatic heterocycles. The van der Waals surface area contributed by atoms with Gasteiger partial charge in [-0.1, -0.05) is 12.1 Å². The van der Waals surface area contributed by atoms with Gasteiger partial charge in [0.05, 0.1) is 32.0 Å². The fourth-order valence-corrected chi connectivity index (χ4v) is 3.68. The summed E-state index contributed by atoms with van der Waals surface area (Å²) in [5.74, 6) is -1.51. The van der Waals surface area contributed by atoms with Crippen molar-refractivity contribution in [2.45, 2.75) is 59.7 Å². The number of carbonyl (C=O) groups is 2. The molecule has 1 aliphatic rings. The molecular formula is C23H31NO6. The number of esters is 2. The third-order valence-corrected chi connectivity index (χ3v) is 4.77. The molecule has 0 saturated carbocycles. The van der Waals surface area contributed by atoms with Gasteiger partial charge in [-0.05, 0) is 47.6 Å². The Morgan fingerprint density at radius 2 is 1.60 bits per heavy atom. The van der Waals surface area contributed by atoms with E-state index in [0.717, 1.165) is 0 Å². The molecule has 0 bridgehead atoms. The minimum absolute atomic E-state index is 0.309. The van der Waals surface area contributed by atoms with Crippen molar-refractivity contribution in [3.63, 3.8) is 0 Å². The lowest BCUT2D eigenvalue weighted by atomic mass is 9.75. The molecule has 0 amide bonds. The Bertz CT molecular complexity index is 868. The van der Waals surface area contributed by atoms with E-state index in [-0.39, 0.29) is 12.2 Å². The van der Waals surface area contributed by atoms with Gasteiger partial charge >= 0.3 is 11.9 Å². The number of allylic oxidation sites excluding steroid dienone is 1. The van der Waals surface area contributed by atoms with Crippen LogP contribution in [-0.4, -0.2) is 44.1 Å². The summed E-state index contributed by atoms with van der Waals surface area (Å²) < 4.78 is 22.1. The number of rotatable bonds is 7. The quantitative estimate of drug-likeness (QED) is 0.622. The van der Waals surface area contributed by atoms with Crippen LogP contribution in [0.1, 0.15) is 53.0 Å². The molecule has 7 heteroatoms. The summed E-state index contributed by atoms with van der Waals surface area (Å²) in [6.07, 6.45) is -0.630. The Kier molecular flexibility index (Phi) is 7.65. The number of hydrogen-bond donors (Lipinski definition) is 0. The van der Waals surface area contributed by atoms with Crippen molar-refractivity contribution in [3.8, 4) is 11.5 Å². The van der Waals surface area contributed by atoms with Gasteiger partial charge in [0, 0.05) is 22.9 Å². The predicted octanol–water partition coefficient (Wildman–Crippen LogP) is 4.06. The molecule has 0 spiro atoms. The molecule has 0 N–H and O–H groups in total. The third kappa shape index (κ3) is 4.83. The molecule has 2 atom stereocenters. The molecule has 164 valence electrons. The maximum atomic E-state index is 13.1. The van der Waals surface area contributed by atoms with Crippen LogP contribution in [0.25, 0.3) is 0 Å². The Balaban J connectivity index is 2.75. The van der Waals surface area contributed by atoms with Crippen LogP contribution in [0.15, 0.2) is 34.5 Å². The molecule has 1 unspecified atom stereocenters. The zero-order valence-electron chi connectivity index (χ0n) is 18.9. The van der Waals surface area contributed by atoms with E-state index in [1.807, 2.05) is 6.07 Å². The normalized spacial score (nSPS) is 18.9. The molecule has 0 aliphatic carbocycles. The number of aliphatic imine (C=N–C) groups is 1. The van der Waals surface area contributed by atoms with Gasteiger partial charge in [0.2, 0.25) is 0 Å². The first-order chi connectivity index (χ1) is 14.1. The number of para-hydroxylation sites is 1. The molecule has 7 nitrogen and oxygen atoms in total. The van der Waals surface area contributed by atoms with Gasteiger partial charge < -0.3 is 18.9 Å². The molecule has 2 rings (SSSR count). The first-order valence-electron chi connectivity index (χ1n) is 10.0. The second kappa shape index (κ2) is 9.78. The molecule has 1 aromatic rings. The number of benzene rings is 1. The lowest BCUT2D eigenvalue weighted by Gasteiger charge is -2.33. The molecule has 0 aromatic heterocycles. The lowest BCUT2D eigenvalue weighted by molar-refractivity contribution is -0.150. The largest absolute Gasteiger partial charge is 0.493 e. The smallest absolute Gasteiger partial charge is 0.336 e. The lowest BCUT2D eigenvalue weighted by Crippen LogP contribution is -2.37. The minimum Gasteiger partial charge on any atom is -0.493 e. The monoisotopic (exact) mass is 417 g/mol. The van der Waals surface area contributed by atoms with Gasteiger partial charge in [0.15, 0.2) is 11.5 Å². The van der Waals surface area contributed by atoms with Crippen molar-refractivity contribution < 1.29 is 28.5 Å². The highest BCUT2D eigenvalue weighted by Gasteiger charge is 2.44. The van der Waals surface area contributed by atoms with Crippen molar-refractivity contribution in [2.75, 3.05) is 14.2 Å². The van der Waals surface area contributed by atoms with Crippen LogP contribution in [0.2, 0.25) is 0 Å². The van der Waals surface area contributed by atoms with Crippen molar-refractivity contribution in [1.29, 1.82) is 0 Å². The number of ether oxygens (including phenoxy) is 4. The maximum Gasteiger partial charge on any atom is 0.336 e. The Morgan fingerprint density at radius 1 is 0.967 bits per heavy atom. The van der Waals surface area contributed by atoms with Gasteiger partial charge in [0.1, 0.15) is 5.92 Å². The van der Waals surface area contributed by atoms with Gasteiger partial charge in [-0.2, -0.15) is 0 Å². The summed E-state index contributed by atoms with van der Waals surface area (Å²) in [7, 11) is 3.06. The van der Waals surface area contributed by atoms with E-state index in [4.69, 9.17) is 18.9 Å². The number of nitrogens with zero attached hydrogens (tertiary/aromatic N) is 1. The highest BCUT2D eigenvalue weighted by molar-refractivity contribution is 6.07. The minimum atomic E-state index is -0.799. The van der Waals surface area contributed by atoms with Gasteiger partial charge in [0.25, 0.3) is 0 Å². The zero-order chi connectivity index (χ0) is 22.6. The van der Waals surface area contributed by atoms with E-state index in [9.17, 15) is 9.59 Å². The van der Waals surface area contributed by atoms with E-state index < -0.39 is 23.8 Å². The highest BCUT2D eigenvalue weighted by atomic mass is 16.5. The Labute approximate surface area is 178 Å². The summed E-state index contributed by atoms with van der Waals surface area (Å²) in [6.45, 7) is 10.6. The molecular weight excluding hydrogens is 386 g/mol. The summed E-state index contributed by atoms with van der Waals surface area (Å²) >= 11 is 0. The van der Waals surface area contributed by atoms with Crippen LogP contribution >= 0.6 is 0 Å². The summed E-state index contributed by atoms with van der Waals surface area (Å²) in [5, 5.41) is 0. The van der Waals surface area contributed by atoms with Crippen LogP contribution in [0.3, 0.4) is 0 Å². The summed E-state index contributed by atoms with van der Waals surface area (Å²) in [4.78, 5) is 30.7. The average Bonchev–Trinajstić information content (AvgIpc) is 2.65. The second-order valence-corrected chi connectivity index (χ2v) is 7.73. The summed E-state index contributed by atoms with van der Waals surface area (Å²) in [5.41, 5.74) is 2.01. The molecule has 0 radical (unpaired) electrons. The van der Waals surface area contributed by atoms with Gasteiger partial charge in [-0.25, -0.2) is 4.79 Å². The first-order valence-corrected chi connectivity index (χ1v) is 10.0. The van der Waals surface area contributed by atoms with E-state index in [0.29, 0.717) is 34.0 Å². The topological polar surface area (TPSA) is 83.4 Å². The van der Waals surface area contributed by atoms with Crippen LogP contribution in [0, 0.1) is 5.92 Å². The molecule has 0 saturated heterocycles. The molecule has 1 aromatic carbocycles. The Hall–Kier alpha value is -2.83. The third-order valence-electron chi connectivity index (χ3n) is 4.77. The zero-order valence-corrected chi connectivity index (χ0v) is 18.9. The van der Waals surface area contributed by atoms with Gasteiger partial charge in [-0.15, -0.1) is 0 Å². The average molecular weight is 418 g/mol. The summed E-state index contributed by atoms with van der Waals surface area (Å²) in [6, 6.07) is 5.37. The maximum absolute atomic E-state index is 13.1. The van der Waals surface area contributed by atoms with Crippen LogP contribution in [-0.2, 0) is 19.1 Å². The SMILES string of the molecule is COc1cccc([C@@H]2C(C(=O)OC(C)C)=C(C)N=C(C)C2C(=O)OC(C)C)c1OC. The predicted molar refractivity (Wildman–Crippen MR) is 114 cm³/mol. The van der Waals surface area contributed by atoms with Crippen LogP contribution in [0.5, 0.6) is 11.5 Å². The number of carbonyl (C=O) groups excluding carboxylic acids is 2. The second-order valence-electron chi connectivity index (χ2n) is 7.73. The van der Waals surface area contributed by atoms with Crippen molar-refractivity contribution in [3.05, 3.63) is 35.0 Å². The Morgan fingerprint density at radius 3 is 2.13 bits per heavy atom. The fraction of sp³-hybridized carbons (Fsp3) is 0.522. The van der Waals surface area contributed by atoms with Crippen LogP contribution < -0.4 is 9.47 Å².